The van der Waals surface area contributed by atoms with E-state index in [2.05, 4.69) is 0 Å². The Balaban J connectivity index is 2.68. The number of primary amides is 1. The Hall–Kier alpha value is -1.36. The van der Waals surface area contributed by atoms with Gasteiger partial charge in [0.15, 0.2) is 5.60 Å². The van der Waals surface area contributed by atoms with Gasteiger partial charge in [-0.1, -0.05) is 5.57 Å². The molecule has 1 unspecified atom stereocenters. The lowest BCUT2D eigenvalue weighted by Gasteiger charge is -2.19. The highest BCUT2D eigenvalue weighted by molar-refractivity contribution is 5.90. The predicted molar refractivity (Wildman–Crippen MR) is 54.8 cm³/mol. The van der Waals surface area contributed by atoms with Gasteiger partial charge < -0.3 is 15.7 Å². The largest absolute Gasteiger partial charge is 0.378 e. The Labute approximate surface area is 88.5 Å². The molecule has 0 aromatic carbocycles. The van der Waals surface area contributed by atoms with Gasteiger partial charge in [0.25, 0.3) is 5.91 Å². The monoisotopic (exact) mass is 212 g/mol. The summed E-state index contributed by atoms with van der Waals surface area (Å²) in [5, 5.41) is 9.73. The summed E-state index contributed by atoms with van der Waals surface area (Å²) < 4.78 is 0. The quantitative estimate of drug-likeness (QED) is 0.599. The van der Waals surface area contributed by atoms with Crippen LogP contribution in [0.2, 0.25) is 0 Å². The van der Waals surface area contributed by atoms with Crippen LogP contribution in [0.15, 0.2) is 11.6 Å². The molecule has 5 heteroatoms. The van der Waals surface area contributed by atoms with E-state index in [-0.39, 0.29) is 18.9 Å². The first kappa shape index (κ1) is 11.7. The van der Waals surface area contributed by atoms with Crippen LogP contribution in [0.25, 0.3) is 0 Å². The summed E-state index contributed by atoms with van der Waals surface area (Å²) in [4.78, 5) is 23.9. The number of hydrogen-bond donors (Lipinski definition) is 2. The molecular weight excluding hydrogens is 196 g/mol. The first-order valence-corrected chi connectivity index (χ1v) is 4.81. The standard InChI is InChI=1S/C10H16N2O3/c1-7(2)5-8(13)12-4-3-10(15,6-12)9(11)14/h5,15H,3-4,6H2,1-2H3,(H2,11,14). The van der Waals surface area contributed by atoms with Crippen LogP contribution in [-0.4, -0.2) is 40.5 Å². The van der Waals surface area contributed by atoms with Gasteiger partial charge in [-0.05, 0) is 13.8 Å². The molecule has 84 valence electrons. The lowest BCUT2D eigenvalue weighted by Crippen LogP contribution is -2.46. The second-order valence-electron chi connectivity index (χ2n) is 4.13. The minimum Gasteiger partial charge on any atom is -0.378 e. The van der Waals surface area contributed by atoms with Crippen molar-refractivity contribution in [2.75, 3.05) is 13.1 Å². The van der Waals surface area contributed by atoms with E-state index in [1.54, 1.807) is 0 Å². The summed E-state index contributed by atoms with van der Waals surface area (Å²) in [5.41, 5.74) is 4.39. The lowest BCUT2D eigenvalue weighted by atomic mass is 10.0. The van der Waals surface area contributed by atoms with Gasteiger partial charge in [-0.15, -0.1) is 0 Å². The van der Waals surface area contributed by atoms with Crippen LogP contribution in [0, 0.1) is 0 Å². The summed E-state index contributed by atoms with van der Waals surface area (Å²) in [6.45, 7) is 3.98. The fraction of sp³-hybridized carbons (Fsp3) is 0.600. The molecule has 1 aliphatic rings. The molecule has 0 aromatic heterocycles. The molecule has 3 N–H and O–H groups in total. The van der Waals surface area contributed by atoms with Crippen molar-refractivity contribution in [2.45, 2.75) is 25.9 Å². The number of aliphatic hydroxyl groups is 1. The van der Waals surface area contributed by atoms with E-state index < -0.39 is 11.5 Å². The first-order valence-electron chi connectivity index (χ1n) is 4.81. The Kier molecular flexibility index (Phi) is 3.14. The summed E-state index contributed by atoms with van der Waals surface area (Å²) in [7, 11) is 0. The van der Waals surface area contributed by atoms with E-state index in [0.29, 0.717) is 6.54 Å². The van der Waals surface area contributed by atoms with E-state index in [4.69, 9.17) is 5.73 Å². The summed E-state index contributed by atoms with van der Waals surface area (Å²) >= 11 is 0. The minimum absolute atomic E-state index is 0.00898. The van der Waals surface area contributed by atoms with Crippen molar-refractivity contribution in [3.05, 3.63) is 11.6 Å². The van der Waals surface area contributed by atoms with E-state index in [1.165, 1.54) is 11.0 Å². The van der Waals surface area contributed by atoms with Crippen LogP contribution in [0.5, 0.6) is 0 Å². The van der Waals surface area contributed by atoms with Crippen LogP contribution in [-0.2, 0) is 9.59 Å². The molecule has 0 bridgehead atoms. The lowest BCUT2D eigenvalue weighted by molar-refractivity contribution is -0.136. The number of rotatable bonds is 2. The molecule has 15 heavy (non-hydrogen) atoms. The van der Waals surface area contributed by atoms with Crippen LogP contribution in [0.4, 0.5) is 0 Å². The normalized spacial score (nSPS) is 25.1. The molecule has 0 spiro atoms. The molecule has 2 amide bonds. The number of carbonyl (C=O) groups is 2. The topological polar surface area (TPSA) is 83.6 Å². The molecule has 0 radical (unpaired) electrons. The van der Waals surface area contributed by atoms with Crippen LogP contribution < -0.4 is 5.73 Å². The van der Waals surface area contributed by atoms with Crippen molar-refractivity contribution in [3.8, 4) is 0 Å². The zero-order valence-electron chi connectivity index (χ0n) is 8.99. The number of allylic oxidation sites excluding steroid dienone is 1. The van der Waals surface area contributed by atoms with Crippen molar-refractivity contribution < 1.29 is 14.7 Å². The number of β-amino-alcohol motifs (C(OH)–C–C–N with tert-alkyl or cyclic N) is 1. The Morgan fingerprint density at radius 1 is 1.47 bits per heavy atom. The summed E-state index contributed by atoms with van der Waals surface area (Å²) in [6.07, 6.45) is 1.69. The summed E-state index contributed by atoms with van der Waals surface area (Å²) in [5.74, 6) is -0.956. The van der Waals surface area contributed by atoms with Gasteiger partial charge in [0.05, 0.1) is 6.54 Å². The predicted octanol–water partition coefficient (Wildman–Crippen LogP) is -0.599. The third kappa shape index (κ3) is 2.56. The van der Waals surface area contributed by atoms with Crippen LogP contribution >= 0.6 is 0 Å². The number of likely N-dealkylation sites (tertiary alicyclic amines) is 1. The molecule has 0 aliphatic carbocycles. The number of nitrogens with two attached hydrogens (primary N) is 1. The third-order valence-electron chi connectivity index (χ3n) is 2.43. The van der Waals surface area contributed by atoms with E-state index in [9.17, 15) is 14.7 Å². The van der Waals surface area contributed by atoms with Gasteiger partial charge in [0.2, 0.25) is 5.91 Å². The smallest absolute Gasteiger partial charge is 0.251 e. The Morgan fingerprint density at radius 3 is 2.47 bits per heavy atom. The maximum absolute atomic E-state index is 11.6. The third-order valence-corrected chi connectivity index (χ3v) is 2.43. The van der Waals surface area contributed by atoms with Crippen LogP contribution in [0.3, 0.4) is 0 Å². The average molecular weight is 212 g/mol. The van der Waals surface area contributed by atoms with Crippen molar-refractivity contribution in [1.82, 2.24) is 4.90 Å². The highest BCUT2D eigenvalue weighted by atomic mass is 16.3. The van der Waals surface area contributed by atoms with E-state index >= 15 is 0 Å². The second-order valence-corrected chi connectivity index (χ2v) is 4.13. The van der Waals surface area contributed by atoms with Gasteiger partial charge in [-0.2, -0.15) is 0 Å². The van der Waals surface area contributed by atoms with Gasteiger partial charge >= 0.3 is 0 Å². The highest BCUT2D eigenvalue weighted by Gasteiger charge is 2.42. The van der Waals surface area contributed by atoms with Crippen molar-refractivity contribution in [3.63, 3.8) is 0 Å². The second kappa shape index (κ2) is 4.02. The van der Waals surface area contributed by atoms with Gasteiger partial charge in [0, 0.05) is 19.0 Å². The molecule has 1 atom stereocenters. The SMILES string of the molecule is CC(C)=CC(=O)N1CCC(O)(C(N)=O)C1. The van der Waals surface area contributed by atoms with E-state index in [0.717, 1.165) is 5.57 Å². The van der Waals surface area contributed by atoms with Gasteiger partial charge in [-0.25, -0.2) is 0 Å². The molecule has 1 rings (SSSR count). The number of carbonyl (C=O) groups excluding carboxylic acids is 2. The molecule has 1 heterocycles. The van der Waals surface area contributed by atoms with E-state index in [1.807, 2.05) is 13.8 Å². The maximum Gasteiger partial charge on any atom is 0.251 e. The summed E-state index contributed by atoms with van der Waals surface area (Å²) in [6, 6.07) is 0. The molecule has 1 saturated heterocycles. The van der Waals surface area contributed by atoms with Crippen molar-refractivity contribution >= 4 is 11.8 Å². The molecular formula is C10H16N2O3. The van der Waals surface area contributed by atoms with Crippen molar-refractivity contribution in [1.29, 1.82) is 0 Å². The van der Waals surface area contributed by atoms with Gasteiger partial charge in [-0.3, -0.25) is 9.59 Å². The zero-order valence-corrected chi connectivity index (χ0v) is 8.99. The maximum atomic E-state index is 11.6. The van der Waals surface area contributed by atoms with Crippen LogP contribution in [0.1, 0.15) is 20.3 Å². The Morgan fingerprint density at radius 2 is 2.07 bits per heavy atom. The number of amides is 2. The fourth-order valence-electron chi connectivity index (χ4n) is 1.52. The number of hydrogen-bond acceptors (Lipinski definition) is 3. The fourth-order valence-corrected chi connectivity index (χ4v) is 1.52. The zero-order chi connectivity index (χ0) is 11.6. The minimum atomic E-state index is -1.55. The number of nitrogens with zero attached hydrogens (tertiary/aromatic N) is 1. The Bertz CT molecular complexity index is 321. The molecule has 5 nitrogen and oxygen atoms in total. The molecule has 0 saturated carbocycles. The first-order chi connectivity index (χ1) is 6.85. The molecule has 0 aromatic rings. The van der Waals surface area contributed by atoms with Gasteiger partial charge in [0.1, 0.15) is 0 Å². The average Bonchev–Trinajstić information content (AvgIpc) is 2.48. The van der Waals surface area contributed by atoms with Crippen molar-refractivity contribution in [2.24, 2.45) is 5.73 Å². The molecule has 1 fully saturated rings. The molecule has 1 aliphatic heterocycles. The highest BCUT2D eigenvalue weighted by Crippen LogP contribution is 2.21.